The molecule has 3 aromatic rings. The largest absolute Gasteiger partial charge is 0.364 e. The molecule has 9 heteroatoms. The molecule has 0 saturated carbocycles. The van der Waals surface area contributed by atoms with Crippen molar-refractivity contribution in [3.8, 4) is 0 Å². The second-order valence-corrected chi connectivity index (χ2v) is 7.34. The average molecular weight is 467 g/mol. The molecule has 7 nitrogen and oxygen atoms in total. The summed E-state index contributed by atoms with van der Waals surface area (Å²) < 4.78 is 1.08. The van der Waals surface area contributed by atoms with Crippen LogP contribution in [0.3, 0.4) is 0 Å². The van der Waals surface area contributed by atoms with E-state index in [2.05, 4.69) is 43.2 Å². The van der Waals surface area contributed by atoms with Gasteiger partial charge in [0.25, 0.3) is 0 Å². The number of nitrogens with one attached hydrogen (secondary N) is 2. The summed E-state index contributed by atoms with van der Waals surface area (Å²) in [6.07, 6.45) is 2.09. The minimum absolute atomic E-state index is 0.160. The number of nitrogens with zero attached hydrogens (tertiary/aromatic N) is 3. The number of hydrogen-bond donors (Lipinski definition) is 2. The van der Waals surface area contributed by atoms with Crippen LogP contribution < -0.4 is 10.6 Å². The van der Waals surface area contributed by atoms with Gasteiger partial charge in [0.1, 0.15) is 6.33 Å². The minimum atomic E-state index is -0.470. The molecule has 3 rings (SSSR count). The third-order valence-corrected chi connectivity index (χ3v) is 5.01. The van der Waals surface area contributed by atoms with Crippen molar-refractivity contribution in [2.75, 3.05) is 17.2 Å². The van der Waals surface area contributed by atoms with Crippen LogP contribution in [-0.4, -0.2) is 21.4 Å². The molecule has 0 radical (unpaired) electrons. The van der Waals surface area contributed by atoms with E-state index in [1.54, 1.807) is 11.3 Å². The van der Waals surface area contributed by atoms with E-state index in [1.165, 1.54) is 11.2 Å². The molecule has 0 aliphatic heterocycles. The highest BCUT2D eigenvalue weighted by atomic mass is 127. The van der Waals surface area contributed by atoms with E-state index in [9.17, 15) is 10.1 Å². The molecule has 0 fully saturated rings. The first kappa shape index (κ1) is 17.5. The van der Waals surface area contributed by atoms with Gasteiger partial charge in [-0.1, -0.05) is 6.07 Å². The Hall–Kier alpha value is -2.27. The molecular weight excluding hydrogens is 453 g/mol. The molecule has 128 valence electrons. The van der Waals surface area contributed by atoms with Crippen molar-refractivity contribution in [3.05, 3.63) is 66.7 Å². The molecule has 0 amide bonds. The van der Waals surface area contributed by atoms with Crippen molar-refractivity contribution in [2.24, 2.45) is 0 Å². The smallest absolute Gasteiger partial charge is 0.353 e. The number of hydrogen-bond acceptors (Lipinski definition) is 7. The minimum Gasteiger partial charge on any atom is -0.364 e. The lowest BCUT2D eigenvalue weighted by Gasteiger charge is -2.10. The van der Waals surface area contributed by atoms with Crippen LogP contribution in [-0.2, 0) is 6.42 Å². The van der Waals surface area contributed by atoms with Gasteiger partial charge in [-0.15, -0.1) is 11.3 Å². The topological polar surface area (TPSA) is 93.0 Å². The summed E-state index contributed by atoms with van der Waals surface area (Å²) >= 11 is 3.85. The molecule has 2 heterocycles. The Kier molecular flexibility index (Phi) is 5.76. The Morgan fingerprint density at radius 2 is 1.92 bits per heavy atom. The highest BCUT2D eigenvalue weighted by molar-refractivity contribution is 14.1. The zero-order chi connectivity index (χ0) is 17.6. The monoisotopic (exact) mass is 467 g/mol. The molecule has 2 aromatic heterocycles. The molecule has 0 aliphatic carbocycles. The van der Waals surface area contributed by atoms with E-state index in [1.807, 2.05) is 41.8 Å². The molecule has 0 bridgehead atoms. The van der Waals surface area contributed by atoms with Crippen molar-refractivity contribution < 1.29 is 4.92 Å². The second kappa shape index (κ2) is 8.21. The molecule has 0 spiro atoms. The molecular formula is C16H14IN5O2S. The number of thiophene rings is 1. The Morgan fingerprint density at radius 1 is 1.16 bits per heavy atom. The number of aromatic nitrogens is 2. The van der Waals surface area contributed by atoms with Crippen molar-refractivity contribution in [1.29, 1.82) is 0 Å². The number of benzene rings is 1. The second-order valence-electron chi connectivity index (χ2n) is 5.06. The van der Waals surface area contributed by atoms with Crippen molar-refractivity contribution in [2.45, 2.75) is 6.42 Å². The fraction of sp³-hybridized carbons (Fsp3) is 0.125. The maximum absolute atomic E-state index is 11.5. The van der Waals surface area contributed by atoms with Gasteiger partial charge in [-0.3, -0.25) is 10.1 Å². The van der Waals surface area contributed by atoms with E-state index in [-0.39, 0.29) is 17.3 Å². The zero-order valence-electron chi connectivity index (χ0n) is 13.0. The molecule has 0 unspecified atom stereocenters. The molecule has 25 heavy (non-hydrogen) atoms. The Bertz CT molecular complexity index is 855. The Labute approximate surface area is 161 Å². The van der Waals surface area contributed by atoms with E-state index in [4.69, 9.17) is 0 Å². The van der Waals surface area contributed by atoms with Crippen LogP contribution in [0.5, 0.6) is 0 Å². The van der Waals surface area contributed by atoms with Gasteiger partial charge >= 0.3 is 5.69 Å². The van der Waals surface area contributed by atoms with Gasteiger partial charge in [-0.2, -0.15) is 0 Å². The summed E-state index contributed by atoms with van der Waals surface area (Å²) in [5.74, 6) is 0.379. The van der Waals surface area contributed by atoms with Gasteiger partial charge in [0.2, 0.25) is 11.6 Å². The predicted molar refractivity (Wildman–Crippen MR) is 108 cm³/mol. The van der Waals surface area contributed by atoms with Crippen molar-refractivity contribution in [1.82, 2.24) is 9.97 Å². The van der Waals surface area contributed by atoms with E-state index < -0.39 is 4.92 Å². The standard InChI is InChI=1S/C16H14IN5O2S/c17-11-3-5-12(6-4-11)21-16-14(22(23)24)15(19-10-20-16)18-8-7-13-2-1-9-25-13/h1-6,9-10H,7-8H2,(H2,18,19,20,21). The predicted octanol–water partition coefficient (Wildman–Crippen LogP) is 4.45. The SMILES string of the molecule is O=[N+]([O-])c1c(NCCc2cccs2)ncnc1Nc1ccc(I)cc1. The highest BCUT2D eigenvalue weighted by Crippen LogP contribution is 2.31. The summed E-state index contributed by atoms with van der Waals surface area (Å²) in [5.41, 5.74) is 0.569. The maximum Gasteiger partial charge on any atom is 0.353 e. The van der Waals surface area contributed by atoms with Crippen LogP contribution in [0.15, 0.2) is 48.1 Å². The fourth-order valence-corrected chi connectivity index (χ4v) is 3.27. The number of halogens is 1. The summed E-state index contributed by atoms with van der Waals surface area (Å²) in [4.78, 5) is 20.3. The van der Waals surface area contributed by atoms with Crippen LogP contribution in [0, 0.1) is 13.7 Å². The highest BCUT2D eigenvalue weighted by Gasteiger charge is 2.22. The summed E-state index contributed by atoms with van der Waals surface area (Å²) in [6, 6.07) is 11.5. The fourth-order valence-electron chi connectivity index (χ4n) is 2.20. The van der Waals surface area contributed by atoms with Gasteiger partial charge in [0, 0.05) is 20.7 Å². The van der Waals surface area contributed by atoms with Crippen molar-refractivity contribution >= 4 is 56.9 Å². The lowest BCUT2D eigenvalue weighted by Crippen LogP contribution is -2.10. The number of rotatable bonds is 7. The first-order valence-electron chi connectivity index (χ1n) is 7.41. The van der Waals surface area contributed by atoms with Crippen LogP contribution in [0.25, 0.3) is 0 Å². The van der Waals surface area contributed by atoms with Gasteiger partial charge in [-0.25, -0.2) is 9.97 Å². The third-order valence-electron chi connectivity index (χ3n) is 3.36. The lowest BCUT2D eigenvalue weighted by atomic mass is 10.3. The van der Waals surface area contributed by atoms with Crippen LogP contribution in [0.2, 0.25) is 0 Å². The van der Waals surface area contributed by atoms with Crippen molar-refractivity contribution in [3.63, 3.8) is 0 Å². The summed E-state index contributed by atoms with van der Waals surface area (Å²) in [5, 5.41) is 19.6. The Morgan fingerprint density at radius 3 is 2.60 bits per heavy atom. The molecule has 2 N–H and O–H groups in total. The van der Waals surface area contributed by atoms with Gasteiger partial charge in [-0.05, 0) is 64.7 Å². The summed E-state index contributed by atoms with van der Waals surface area (Å²) in [7, 11) is 0. The quantitative estimate of drug-likeness (QED) is 0.303. The first-order valence-corrected chi connectivity index (χ1v) is 9.37. The number of nitro groups is 1. The van der Waals surface area contributed by atoms with E-state index in [0.29, 0.717) is 6.54 Å². The third kappa shape index (κ3) is 4.63. The van der Waals surface area contributed by atoms with E-state index in [0.717, 1.165) is 15.7 Å². The average Bonchev–Trinajstić information content (AvgIpc) is 3.10. The maximum atomic E-state index is 11.5. The van der Waals surface area contributed by atoms with Crippen LogP contribution >= 0.6 is 33.9 Å². The first-order chi connectivity index (χ1) is 12.1. The van der Waals surface area contributed by atoms with Gasteiger partial charge < -0.3 is 10.6 Å². The Balaban J connectivity index is 1.78. The summed E-state index contributed by atoms with van der Waals surface area (Å²) in [6.45, 7) is 0.557. The zero-order valence-corrected chi connectivity index (χ0v) is 16.0. The van der Waals surface area contributed by atoms with Gasteiger partial charge in [0.05, 0.1) is 4.92 Å². The molecule has 0 atom stereocenters. The molecule has 1 aromatic carbocycles. The van der Waals surface area contributed by atoms with Crippen LogP contribution in [0.1, 0.15) is 4.88 Å². The van der Waals surface area contributed by atoms with Crippen LogP contribution in [0.4, 0.5) is 23.0 Å². The molecule has 0 aliphatic rings. The lowest BCUT2D eigenvalue weighted by molar-refractivity contribution is -0.383. The number of anilines is 3. The van der Waals surface area contributed by atoms with E-state index >= 15 is 0 Å². The molecule has 0 saturated heterocycles. The van der Waals surface area contributed by atoms with Gasteiger partial charge in [0.15, 0.2) is 0 Å². The normalized spacial score (nSPS) is 10.4.